The topological polar surface area (TPSA) is 32.3 Å². The van der Waals surface area contributed by atoms with E-state index in [0.29, 0.717) is 0 Å². The van der Waals surface area contributed by atoms with E-state index in [9.17, 15) is 13.6 Å². The Balaban J connectivity index is 1.70. The van der Waals surface area contributed by atoms with Crippen LogP contribution in [0.15, 0.2) is 42.5 Å². The number of anilines is 1. The monoisotopic (exact) mass is 344 g/mol. The van der Waals surface area contributed by atoms with Crippen LogP contribution in [0.1, 0.15) is 37.4 Å². The van der Waals surface area contributed by atoms with Crippen LogP contribution in [0.25, 0.3) is 0 Å². The van der Waals surface area contributed by atoms with E-state index in [2.05, 4.69) is 23.2 Å². The number of hydrogen-bond acceptors (Lipinski definition) is 2. The van der Waals surface area contributed by atoms with Gasteiger partial charge in [-0.25, -0.2) is 8.78 Å². The number of aryl methyl sites for hydroxylation is 1. The van der Waals surface area contributed by atoms with Gasteiger partial charge < -0.3 is 10.2 Å². The zero-order chi connectivity index (χ0) is 18.0. The number of fused-ring (bicyclic) bond motifs is 1. The van der Waals surface area contributed by atoms with Crippen LogP contribution in [-0.2, 0) is 11.2 Å². The summed E-state index contributed by atoms with van der Waals surface area (Å²) in [6, 6.07) is 11.2. The van der Waals surface area contributed by atoms with Crippen molar-refractivity contribution in [3.8, 4) is 0 Å². The minimum absolute atomic E-state index is 0.181. The molecule has 2 aromatic rings. The Labute approximate surface area is 146 Å². The average Bonchev–Trinajstić information content (AvgIpc) is 2.57. The lowest BCUT2D eigenvalue weighted by molar-refractivity contribution is -0.120. The number of rotatable bonds is 4. The second kappa shape index (κ2) is 7.21. The van der Waals surface area contributed by atoms with Crippen molar-refractivity contribution in [1.29, 1.82) is 0 Å². The predicted octanol–water partition coefficient (Wildman–Crippen LogP) is 3.98. The van der Waals surface area contributed by atoms with Crippen LogP contribution in [0.4, 0.5) is 14.5 Å². The number of amides is 1. The van der Waals surface area contributed by atoms with Crippen molar-refractivity contribution in [2.45, 2.75) is 38.8 Å². The van der Waals surface area contributed by atoms with Gasteiger partial charge in [-0.1, -0.05) is 24.3 Å². The smallest absolute Gasteiger partial charge is 0.240 e. The van der Waals surface area contributed by atoms with Gasteiger partial charge in [0, 0.05) is 23.4 Å². The van der Waals surface area contributed by atoms with Gasteiger partial charge in [-0.05, 0) is 44.4 Å². The molecule has 0 saturated carbocycles. The van der Waals surface area contributed by atoms with Crippen LogP contribution in [0.2, 0.25) is 0 Å². The first-order valence-corrected chi connectivity index (χ1v) is 8.54. The highest BCUT2D eigenvalue weighted by atomic mass is 19.1. The highest BCUT2D eigenvalue weighted by Gasteiger charge is 2.25. The molecule has 0 unspecified atom stereocenters. The van der Waals surface area contributed by atoms with E-state index in [4.69, 9.17) is 0 Å². The summed E-state index contributed by atoms with van der Waals surface area (Å²) in [5, 5.41) is 2.81. The number of hydrogen-bond donors (Lipinski definition) is 1. The Morgan fingerprint density at radius 1 is 1.28 bits per heavy atom. The lowest BCUT2D eigenvalue weighted by Crippen LogP contribution is -2.45. The lowest BCUT2D eigenvalue weighted by Gasteiger charge is -2.36. The first-order chi connectivity index (χ1) is 12.0. The first-order valence-electron chi connectivity index (χ1n) is 8.54. The lowest BCUT2D eigenvalue weighted by atomic mass is 9.96. The summed E-state index contributed by atoms with van der Waals surface area (Å²) < 4.78 is 26.9. The average molecular weight is 344 g/mol. The maximum atomic E-state index is 13.9. The first kappa shape index (κ1) is 17.4. The molecule has 1 heterocycles. The van der Waals surface area contributed by atoms with Crippen molar-refractivity contribution in [1.82, 2.24) is 5.32 Å². The van der Waals surface area contributed by atoms with Gasteiger partial charge in [0.25, 0.3) is 0 Å². The molecule has 0 radical (unpaired) electrons. The third kappa shape index (κ3) is 3.81. The van der Waals surface area contributed by atoms with Gasteiger partial charge in [-0.15, -0.1) is 0 Å². The number of halogens is 2. The fourth-order valence-corrected chi connectivity index (χ4v) is 3.37. The van der Waals surface area contributed by atoms with E-state index >= 15 is 0 Å². The molecular weight excluding hydrogens is 322 g/mol. The van der Waals surface area contributed by atoms with Crippen molar-refractivity contribution < 1.29 is 13.6 Å². The van der Waals surface area contributed by atoms with Gasteiger partial charge >= 0.3 is 0 Å². The summed E-state index contributed by atoms with van der Waals surface area (Å²) in [7, 11) is 0. The van der Waals surface area contributed by atoms with E-state index in [-0.39, 0.29) is 24.1 Å². The molecule has 0 aromatic heterocycles. The Hall–Kier alpha value is -2.43. The molecule has 0 bridgehead atoms. The van der Waals surface area contributed by atoms with E-state index < -0.39 is 17.7 Å². The molecule has 0 aliphatic carbocycles. The quantitative estimate of drug-likeness (QED) is 0.910. The van der Waals surface area contributed by atoms with E-state index in [0.717, 1.165) is 24.6 Å². The van der Waals surface area contributed by atoms with E-state index in [1.54, 1.807) is 6.92 Å². The summed E-state index contributed by atoms with van der Waals surface area (Å²) in [4.78, 5) is 14.6. The largest absolute Gasteiger partial charge is 0.359 e. The Kier molecular flexibility index (Phi) is 5.02. The van der Waals surface area contributed by atoms with Gasteiger partial charge in [0.1, 0.15) is 11.6 Å². The number of carbonyl (C=O) groups excluding carboxylic acids is 1. The summed E-state index contributed by atoms with van der Waals surface area (Å²) in [5.41, 5.74) is 2.60. The van der Waals surface area contributed by atoms with Crippen LogP contribution in [0, 0.1) is 11.6 Å². The molecule has 5 heteroatoms. The van der Waals surface area contributed by atoms with E-state index in [1.807, 2.05) is 18.2 Å². The maximum Gasteiger partial charge on any atom is 0.240 e. The van der Waals surface area contributed by atoms with Gasteiger partial charge in [-0.3, -0.25) is 4.79 Å². The molecule has 1 N–H and O–H groups in total. The molecule has 0 spiro atoms. The molecule has 0 saturated heterocycles. The van der Waals surface area contributed by atoms with Crippen molar-refractivity contribution in [2.75, 3.05) is 11.4 Å². The van der Waals surface area contributed by atoms with Crippen LogP contribution in [0.5, 0.6) is 0 Å². The zero-order valence-corrected chi connectivity index (χ0v) is 14.4. The molecule has 1 aliphatic rings. The highest BCUT2D eigenvalue weighted by molar-refractivity contribution is 5.82. The fraction of sp³-hybridized carbons (Fsp3) is 0.350. The fourth-order valence-electron chi connectivity index (χ4n) is 3.37. The second-order valence-corrected chi connectivity index (χ2v) is 6.60. The molecule has 25 heavy (non-hydrogen) atoms. The molecule has 0 fully saturated rings. The molecule has 1 amide bonds. The highest BCUT2D eigenvalue weighted by Crippen LogP contribution is 2.30. The van der Waals surface area contributed by atoms with Crippen LogP contribution in [0.3, 0.4) is 0 Å². The Bertz CT molecular complexity index is 778. The third-order valence-electron chi connectivity index (χ3n) is 4.79. The molecule has 3 rings (SSSR count). The molecule has 2 atom stereocenters. The summed E-state index contributed by atoms with van der Waals surface area (Å²) in [6.07, 6.45) is 2.00. The van der Waals surface area contributed by atoms with Gasteiger partial charge in [-0.2, -0.15) is 0 Å². The van der Waals surface area contributed by atoms with Gasteiger partial charge in [0.2, 0.25) is 5.91 Å². The second-order valence-electron chi connectivity index (χ2n) is 6.60. The zero-order valence-electron chi connectivity index (χ0n) is 14.4. The molecule has 2 aromatic carbocycles. The Morgan fingerprint density at radius 3 is 2.80 bits per heavy atom. The SMILES string of the molecule is C[C@H](NC(=O)CN1c2ccccc2CC[C@@H]1C)c1ccc(F)cc1F. The number of nitrogens with zero attached hydrogens (tertiary/aromatic N) is 1. The van der Waals surface area contributed by atoms with Crippen LogP contribution < -0.4 is 10.2 Å². The van der Waals surface area contributed by atoms with Crippen LogP contribution in [-0.4, -0.2) is 18.5 Å². The number of para-hydroxylation sites is 1. The van der Waals surface area contributed by atoms with Gasteiger partial charge in [0.15, 0.2) is 0 Å². The van der Waals surface area contributed by atoms with Gasteiger partial charge in [0.05, 0.1) is 12.6 Å². The van der Waals surface area contributed by atoms with E-state index in [1.165, 1.54) is 17.7 Å². The minimum Gasteiger partial charge on any atom is -0.359 e. The molecule has 3 nitrogen and oxygen atoms in total. The number of benzene rings is 2. The van der Waals surface area contributed by atoms with Crippen molar-refractivity contribution >= 4 is 11.6 Å². The van der Waals surface area contributed by atoms with Crippen molar-refractivity contribution in [3.63, 3.8) is 0 Å². The van der Waals surface area contributed by atoms with Crippen molar-refractivity contribution in [3.05, 3.63) is 65.2 Å². The third-order valence-corrected chi connectivity index (χ3v) is 4.79. The maximum absolute atomic E-state index is 13.9. The normalized spacial score (nSPS) is 17.8. The standard InChI is InChI=1S/C20H22F2N2O/c1-13-7-8-15-5-3-4-6-19(15)24(13)12-20(25)23-14(2)17-10-9-16(21)11-18(17)22/h3-6,9-11,13-14H,7-8,12H2,1-2H3,(H,23,25)/t13-,14-/m0/s1. The summed E-state index contributed by atoms with van der Waals surface area (Å²) in [6.45, 7) is 4.01. The molecular formula is C20H22F2N2O. The van der Waals surface area contributed by atoms with Crippen LogP contribution >= 0.6 is 0 Å². The molecule has 132 valence electrons. The summed E-state index contributed by atoms with van der Waals surface area (Å²) >= 11 is 0. The number of nitrogens with one attached hydrogen (secondary N) is 1. The molecule has 1 aliphatic heterocycles. The minimum atomic E-state index is -0.649. The Morgan fingerprint density at radius 2 is 2.04 bits per heavy atom. The number of carbonyl (C=O) groups is 1. The predicted molar refractivity (Wildman–Crippen MR) is 94.5 cm³/mol. The van der Waals surface area contributed by atoms with Crippen molar-refractivity contribution in [2.24, 2.45) is 0 Å². The summed E-state index contributed by atoms with van der Waals surface area (Å²) in [5.74, 6) is -1.46.